The van der Waals surface area contributed by atoms with E-state index in [0.717, 1.165) is 39.1 Å². The zero-order valence-corrected chi connectivity index (χ0v) is 14.1. The number of ether oxygens (including phenoxy) is 1. The molecule has 3 rings (SSSR count). The van der Waals surface area contributed by atoms with E-state index >= 15 is 0 Å². The van der Waals surface area contributed by atoms with Gasteiger partial charge in [-0.2, -0.15) is 0 Å². The van der Waals surface area contributed by atoms with Crippen molar-refractivity contribution in [2.45, 2.75) is 51.3 Å². The minimum absolute atomic E-state index is 0.268. The molecule has 1 unspecified atom stereocenters. The molecule has 1 heterocycles. The summed E-state index contributed by atoms with van der Waals surface area (Å²) in [7, 11) is 0. The molecular weight excluding hydrogens is 288 g/mol. The van der Waals surface area contributed by atoms with E-state index in [1.54, 1.807) is 0 Å². The zero-order valence-electron chi connectivity index (χ0n) is 14.1. The Balaban J connectivity index is 1.62. The monoisotopic (exact) mass is 316 g/mol. The summed E-state index contributed by atoms with van der Waals surface area (Å²) >= 11 is 0. The Labute approximate surface area is 139 Å². The third-order valence-electron chi connectivity index (χ3n) is 4.74. The first-order valence-corrected chi connectivity index (χ1v) is 8.93. The number of nitrogens with zero attached hydrogens (tertiary/aromatic N) is 2. The molecule has 1 aromatic rings. The van der Waals surface area contributed by atoms with E-state index in [-0.39, 0.29) is 12.0 Å². The van der Waals surface area contributed by atoms with Crippen LogP contribution in [-0.2, 0) is 16.1 Å². The van der Waals surface area contributed by atoms with Crippen molar-refractivity contribution in [3.05, 3.63) is 35.9 Å². The number of hydrogen-bond acceptors (Lipinski definition) is 3. The molecule has 0 aromatic heterocycles. The highest BCUT2D eigenvalue weighted by atomic mass is 16.5. The van der Waals surface area contributed by atoms with Gasteiger partial charge in [0.15, 0.2) is 0 Å². The molecule has 0 N–H and O–H groups in total. The van der Waals surface area contributed by atoms with E-state index in [0.29, 0.717) is 12.6 Å². The third kappa shape index (κ3) is 4.79. The number of rotatable bonds is 8. The molecule has 23 heavy (non-hydrogen) atoms. The van der Waals surface area contributed by atoms with Crippen LogP contribution in [0.1, 0.15) is 38.2 Å². The van der Waals surface area contributed by atoms with Gasteiger partial charge in [-0.15, -0.1) is 0 Å². The highest BCUT2D eigenvalue weighted by Crippen LogP contribution is 2.26. The topological polar surface area (TPSA) is 32.8 Å². The molecule has 1 amide bonds. The summed E-state index contributed by atoms with van der Waals surface area (Å²) in [5.41, 5.74) is 1.26. The Hall–Kier alpha value is -1.39. The first-order chi connectivity index (χ1) is 11.3. The Kier molecular flexibility index (Phi) is 5.68. The van der Waals surface area contributed by atoms with Crippen molar-refractivity contribution in [1.29, 1.82) is 0 Å². The van der Waals surface area contributed by atoms with Crippen LogP contribution in [0.3, 0.4) is 0 Å². The summed E-state index contributed by atoms with van der Waals surface area (Å²) in [6.45, 7) is 5.93. The summed E-state index contributed by atoms with van der Waals surface area (Å²) in [6, 6.07) is 10.9. The molecule has 1 aromatic carbocycles. The second-order valence-electron chi connectivity index (χ2n) is 6.70. The van der Waals surface area contributed by atoms with Crippen molar-refractivity contribution < 1.29 is 9.53 Å². The van der Waals surface area contributed by atoms with E-state index < -0.39 is 0 Å². The first-order valence-electron chi connectivity index (χ1n) is 8.93. The van der Waals surface area contributed by atoms with Gasteiger partial charge in [0.05, 0.1) is 12.6 Å². The maximum absolute atomic E-state index is 12.7. The molecule has 4 nitrogen and oxygen atoms in total. The van der Waals surface area contributed by atoms with Crippen molar-refractivity contribution in [2.24, 2.45) is 0 Å². The van der Waals surface area contributed by atoms with Gasteiger partial charge in [-0.1, -0.05) is 30.3 Å². The van der Waals surface area contributed by atoms with Gasteiger partial charge in [-0.25, -0.2) is 0 Å². The average molecular weight is 316 g/mol. The van der Waals surface area contributed by atoms with Gasteiger partial charge in [0.25, 0.3) is 0 Å². The fourth-order valence-corrected chi connectivity index (χ4v) is 3.41. The fourth-order valence-electron chi connectivity index (χ4n) is 3.41. The lowest BCUT2D eigenvalue weighted by Gasteiger charge is -2.28. The van der Waals surface area contributed by atoms with Crippen LogP contribution in [0.15, 0.2) is 30.3 Å². The summed E-state index contributed by atoms with van der Waals surface area (Å²) < 4.78 is 5.78. The average Bonchev–Trinajstić information content (AvgIpc) is 3.25. The van der Waals surface area contributed by atoms with Crippen molar-refractivity contribution in [2.75, 3.05) is 26.2 Å². The largest absolute Gasteiger partial charge is 0.377 e. The lowest BCUT2D eigenvalue weighted by Crippen LogP contribution is -2.43. The molecule has 0 bridgehead atoms. The van der Waals surface area contributed by atoms with E-state index in [1.807, 2.05) is 11.0 Å². The lowest BCUT2D eigenvalue weighted by molar-refractivity contribution is -0.133. The third-order valence-corrected chi connectivity index (χ3v) is 4.74. The van der Waals surface area contributed by atoms with Gasteiger partial charge in [0, 0.05) is 32.3 Å². The SMILES string of the molecule is CCN(C(=O)CN(Cc1ccccc1)CC1CCCO1)C1CC1. The molecule has 126 valence electrons. The summed E-state index contributed by atoms with van der Waals surface area (Å²) in [5.74, 6) is 0.268. The quantitative estimate of drug-likeness (QED) is 0.739. The van der Waals surface area contributed by atoms with Crippen LogP contribution in [0, 0.1) is 0 Å². The second-order valence-corrected chi connectivity index (χ2v) is 6.70. The minimum Gasteiger partial charge on any atom is -0.377 e. The summed E-state index contributed by atoms with van der Waals surface area (Å²) in [5, 5.41) is 0. The number of likely N-dealkylation sites (N-methyl/N-ethyl adjacent to an activating group) is 1. The normalized spacial score (nSPS) is 20.9. The Morgan fingerprint density at radius 1 is 1.22 bits per heavy atom. The standard InChI is InChI=1S/C19H28N2O2/c1-2-21(17-10-11-17)19(22)15-20(14-18-9-6-12-23-18)13-16-7-4-3-5-8-16/h3-5,7-8,17-18H,2,6,9-15H2,1H3. The molecule has 1 aliphatic heterocycles. The Bertz CT molecular complexity index is 495. The summed E-state index contributed by atoms with van der Waals surface area (Å²) in [4.78, 5) is 17.0. The van der Waals surface area contributed by atoms with Crippen LogP contribution in [0.2, 0.25) is 0 Å². The van der Waals surface area contributed by atoms with Gasteiger partial charge in [-0.05, 0) is 38.2 Å². The maximum Gasteiger partial charge on any atom is 0.236 e. The molecular formula is C19H28N2O2. The predicted octanol–water partition coefficient (Wildman–Crippen LogP) is 2.68. The zero-order chi connectivity index (χ0) is 16.1. The van der Waals surface area contributed by atoms with Gasteiger partial charge in [-0.3, -0.25) is 9.69 Å². The predicted molar refractivity (Wildman–Crippen MR) is 91.1 cm³/mol. The summed E-state index contributed by atoms with van der Waals surface area (Å²) in [6.07, 6.45) is 4.87. The van der Waals surface area contributed by atoms with E-state index in [2.05, 4.69) is 36.1 Å². The number of carbonyl (C=O) groups excluding carboxylic acids is 1. The van der Waals surface area contributed by atoms with Crippen LogP contribution in [0.5, 0.6) is 0 Å². The van der Waals surface area contributed by atoms with Crippen molar-refractivity contribution in [3.63, 3.8) is 0 Å². The second kappa shape index (κ2) is 7.93. The molecule has 1 aliphatic carbocycles. The van der Waals surface area contributed by atoms with Gasteiger partial charge < -0.3 is 9.64 Å². The molecule has 4 heteroatoms. The van der Waals surface area contributed by atoms with E-state index in [4.69, 9.17) is 4.74 Å². The highest BCUT2D eigenvalue weighted by molar-refractivity contribution is 5.79. The smallest absolute Gasteiger partial charge is 0.236 e. The number of carbonyl (C=O) groups is 1. The first kappa shape index (κ1) is 16.5. The molecule has 0 radical (unpaired) electrons. The lowest BCUT2D eigenvalue weighted by atomic mass is 10.2. The molecule has 1 saturated heterocycles. The highest BCUT2D eigenvalue weighted by Gasteiger charge is 2.32. The van der Waals surface area contributed by atoms with Crippen molar-refractivity contribution in [3.8, 4) is 0 Å². The maximum atomic E-state index is 12.7. The van der Waals surface area contributed by atoms with Crippen LogP contribution in [0.25, 0.3) is 0 Å². The number of amides is 1. The van der Waals surface area contributed by atoms with Gasteiger partial charge in [0.1, 0.15) is 0 Å². The van der Waals surface area contributed by atoms with Crippen molar-refractivity contribution in [1.82, 2.24) is 9.80 Å². The van der Waals surface area contributed by atoms with Crippen LogP contribution < -0.4 is 0 Å². The Morgan fingerprint density at radius 2 is 2.00 bits per heavy atom. The van der Waals surface area contributed by atoms with Crippen LogP contribution in [-0.4, -0.2) is 54.1 Å². The molecule has 0 spiro atoms. The molecule has 2 aliphatic rings. The number of benzene rings is 1. The minimum atomic E-state index is 0.268. The molecule has 1 saturated carbocycles. The molecule has 1 atom stereocenters. The van der Waals surface area contributed by atoms with Crippen LogP contribution in [0.4, 0.5) is 0 Å². The van der Waals surface area contributed by atoms with Gasteiger partial charge in [0.2, 0.25) is 5.91 Å². The number of hydrogen-bond donors (Lipinski definition) is 0. The van der Waals surface area contributed by atoms with Crippen molar-refractivity contribution >= 4 is 5.91 Å². The molecule has 2 fully saturated rings. The van der Waals surface area contributed by atoms with E-state index in [1.165, 1.54) is 18.4 Å². The van der Waals surface area contributed by atoms with Gasteiger partial charge >= 0.3 is 0 Å². The fraction of sp³-hybridized carbons (Fsp3) is 0.632. The Morgan fingerprint density at radius 3 is 2.61 bits per heavy atom. The van der Waals surface area contributed by atoms with Crippen LogP contribution >= 0.6 is 0 Å². The van der Waals surface area contributed by atoms with E-state index in [9.17, 15) is 4.79 Å².